The van der Waals surface area contributed by atoms with Gasteiger partial charge >= 0.3 is 0 Å². The molecule has 0 unspecified atom stereocenters. The molecule has 1 aliphatic rings. The first-order valence-corrected chi connectivity index (χ1v) is 14.5. The molecule has 0 spiro atoms. The highest BCUT2D eigenvalue weighted by molar-refractivity contribution is 7.89. The number of thiazole rings is 1. The molecule has 0 N–H and O–H groups in total. The quantitative estimate of drug-likeness (QED) is 0.436. The monoisotopic (exact) mass is 514 g/mol. The summed E-state index contributed by atoms with van der Waals surface area (Å²) < 4.78 is 28.6. The first-order valence-electron chi connectivity index (χ1n) is 12.3. The van der Waals surface area contributed by atoms with Crippen molar-refractivity contribution in [2.24, 2.45) is 0 Å². The number of nitrogens with zero attached hydrogens (tertiary/aromatic N) is 4. The van der Waals surface area contributed by atoms with E-state index < -0.39 is 10.0 Å². The zero-order valence-corrected chi connectivity index (χ0v) is 22.6. The smallest absolute Gasteiger partial charge is 0.253 e. The van der Waals surface area contributed by atoms with Crippen molar-refractivity contribution in [1.29, 1.82) is 0 Å². The van der Waals surface area contributed by atoms with Crippen molar-refractivity contribution in [2.45, 2.75) is 45.4 Å². The average Bonchev–Trinajstić information content (AvgIpc) is 3.27. The van der Waals surface area contributed by atoms with Crippen LogP contribution in [0.2, 0.25) is 0 Å². The van der Waals surface area contributed by atoms with Gasteiger partial charge in [-0.25, -0.2) is 13.4 Å². The predicted octanol–water partition coefficient (Wildman–Crippen LogP) is 4.69. The van der Waals surface area contributed by atoms with E-state index in [1.54, 1.807) is 35.6 Å². The zero-order valence-electron chi connectivity index (χ0n) is 21.0. The van der Waals surface area contributed by atoms with Crippen molar-refractivity contribution in [2.75, 3.05) is 44.2 Å². The van der Waals surface area contributed by atoms with Gasteiger partial charge in [0.2, 0.25) is 10.0 Å². The molecule has 0 bridgehead atoms. The topological polar surface area (TPSA) is 73.8 Å². The van der Waals surface area contributed by atoms with E-state index in [0.717, 1.165) is 36.6 Å². The Morgan fingerprint density at radius 1 is 1.03 bits per heavy atom. The van der Waals surface area contributed by atoms with Crippen molar-refractivity contribution in [3.63, 3.8) is 0 Å². The van der Waals surface area contributed by atoms with E-state index in [2.05, 4.69) is 30.9 Å². The molecule has 188 valence electrons. The van der Waals surface area contributed by atoms with E-state index >= 15 is 0 Å². The molecule has 1 amide bonds. The third-order valence-corrected chi connectivity index (χ3v) is 9.75. The Hall–Kier alpha value is -2.49. The number of sulfonamides is 1. The highest BCUT2D eigenvalue weighted by atomic mass is 32.2. The van der Waals surface area contributed by atoms with E-state index in [9.17, 15) is 13.2 Å². The highest BCUT2D eigenvalue weighted by Crippen LogP contribution is 2.31. The fourth-order valence-electron chi connectivity index (χ4n) is 4.29. The van der Waals surface area contributed by atoms with E-state index in [-0.39, 0.29) is 10.8 Å². The van der Waals surface area contributed by atoms with Crippen LogP contribution >= 0.6 is 11.3 Å². The van der Waals surface area contributed by atoms with Gasteiger partial charge in [-0.2, -0.15) is 4.31 Å². The Morgan fingerprint density at radius 2 is 1.69 bits per heavy atom. The summed E-state index contributed by atoms with van der Waals surface area (Å²) in [7, 11) is -3.55. The van der Waals surface area contributed by atoms with Crippen LogP contribution in [-0.4, -0.2) is 67.8 Å². The number of fused-ring (bicyclic) bond motifs is 1. The molecule has 1 aliphatic heterocycles. The number of hydrogen-bond acceptors (Lipinski definition) is 6. The van der Waals surface area contributed by atoms with Gasteiger partial charge in [0.15, 0.2) is 5.13 Å². The summed E-state index contributed by atoms with van der Waals surface area (Å²) in [6.45, 7) is 11.7. The summed E-state index contributed by atoms with van der Waals surface area (Å²) in [6.07, 6.45) is 1.76. The second-order valence-corrected chi connectivity index (χ2v) is 12.0. The van der Waals surface area contributed by atoms with E-state index in [0.29, 0.717) is 31.7 Å². The highest BCUT2D eigenvalue weighted by Gasteiger charge is 2.26. The summed E-state index contributed by atoms with van der Waals surface area (Å²) in [4.78, 5) is 22.2. The molecule has 1 aromatic heterocycles. The lowest BCUT2D eigenvalue weighted by atomic mass is 10.1. The second kappa shape index (κ2) is 10.6. The Kier molecular flexibility index (Phi) is 7.78. The molecule has 4 rings (SSSR count). The van der Waals surface area contributed by atoms with Crippen molar-refractivity contribution in [1.82, 2.24) is 14.2 Å². The van der Waals surface area contributed by atoms with Gasteiger partial charge in [-0.05, 0) is 67.8 Å². The fourth-order valence-corrected chi connectivity index (χ4v) is 6.87. The number of hydrogen-bond donors (Lipinski definition) is 0. The molecule has 0 atom stereocenters. The Bertz CT molecular complexity index is 1260. The summed E-state index contributed by atoms with van der Waals surface area (Å²) in [5.41, 5.74) is 4.05. The number of aryl methyl sites for hydroxylation is 2. The number of unbranched alkanes of at least 4 members (excludes halogenated alkanes) is 1. The number of carbonyl (C=O) groups is 1. The van der Waals surface area contributed by atoms with Gasteiger partial charge in [-0.15, -0.1) is 0 Å². The summed E-state index contributed by atoms with van der Waals surface area (Å²) >= 11 is 1.70. The lowest BCUT2D eigenvalue weighted by Crippen LogP contribution is -2.48. The van der Waals surface area contributed by atoms with Gasteiger partial charge in [0.1, 0.15) is 0 Å². The standard InChI is InChI=1S/C26H34N4O3S2/c1-5-7-12-30(6-2)35(32,33)22-10-8-21(9-11-22)25(31)28-13-15-29(16-14-28)26-27-23-17-19(3)20(4)18-24(23)34-26/h8-11,17-18H,5-7,12-16H2,1-4H3. The number of piperazine rings is 1. The number of benzene rings is 2. The van der Waals surface area contributed by atoms with Crippen LogP contribution in [0, 0.1) is 13.8 Å². The summed E-state index contributed by atoms with van der Waals surface area (Å²) in [6, 6.07) is 10.7. The molecular weight excluding hydrogens is 480 g/mol. The second-order valence-electron chi connectivity index (χ2n) is 9.05. The lowest BCUT2D eigenvalue weighted by molar-refractivity contribution is 0.0746. The van der Waals surface area contributed by atoms with Crippen LogP contribution in [0.3, 0.4) is 0 Å². The molecule has 0 saturated carbocycles. The fraction of sp³-hybridized carbons (Fsp3) is 0.462. The Morgan fingerprint density at radius 3 is 2.31 bits per heavy atom. The Labute approximate surface area is 212 Å². The molecule has 7 nitrogen and oxygen atoms in total. The average molecular weight is 515 g/mol. The van der Waals surface area contributed by atoms with Crippen LogP contribution < -0.4 is 4.90 Å². The van der Waals surface area contributed by atoms with Crippen LogP contribution in [0.5, 0.6) is 0 Å². The van der Waals surface area contributed by atoms with E-state index in [1.165, 1.54) is 20.1 Å². The number of amides is 1. The lowest BCUT2D eigenvalue weighted by Gasteiger charge is -2.34. The zero-order chi connectivity index (χ0) is 25.2. The Balaban J connectivity index is 1.40. The molecule has 2 aromatic carbocycles. The van der Waals surface area contributed by atoms with Crippen molar-refractivity contribution < 1.29 is 13.2 Å². The largest absolute Gasteiger partial charge is 0.345 e. The number of anilines is 1. The molecule has 35 heavy (non-hydrogen) atoms. The van der Waals surface area contributed by atoms with Crippen LogP contribution in [-0.2, 0) is 10.0 Å². The van der Waals surface area contributed by atoms with Gasteiger partial charge in [0, 0.05) is 44.8 Å². The van der Waals surface area contributed by atoms with Crippen LogP contribution in [0.25, 0.3) is 10.2 Å². The van der Waals surface area contributed by atoms with Gasteiger partial charge in [0.25, 0.3) is 5.91 Å². The van der Waals surface area contributed by atoms with Crippen LogP contribution in [0.4, 0.5) is 5.13 Å². The van der Waals surface area contributed by atoms with Crippen LogP contribution in [0.15, 0.2) is 41.3 Å². The number of aromatic nitrogens is 1. The van der Waals surface area contributed by atoms with Gasteiger partial charge < -0.3 is 9.80 Å². The first-order chi connectivity index (χ1) is 16.7. The molecule has 9 heteroatoms. The van der Waals surface area contributed by atoms with Gasteiger partial charge in [-0.1, -0.05) is 31.6 Å². The van der Waals surface area contributed by atoms with Crippen LogP contribution in [0.1, 0.15) is 48.2 Å². The molecule has 3 aromatic rings. The normalized spacial score (nSPS) is 14.8. The molecule has 0 aliphatic carbocycles. The molecule has 1 fully saturated rings. The summed E-state index contributed by atoms with van der Waals surface area (Å²) in [5, 5.41) is 0.996. The maximum Gasteiger partial charge on any atom is 0.253 e. The maximum absolute atomic E-state index is 13.1. The maximum atomic E-state index is 13.1. The van der Waals surface area contributed by atoms with Gasteiger partial charge in [-0.3, -0.25) is 4.79 Å². The van der Waals surface area contributed by atoms with E-state index in [4.69, 9.17) is 4.98 Å². The molecule has 1 saturated heterocycles. The summed E-state index contributed by atoms with van der Waals surface area (Å²) in [5.74, 6) is -0.0671. The third-order valence-electron chi connectivity index (χ3n) is 6.68. The van der Waals surface area contributed by atoms with Gasteiger partial charge in [0.05, 0.1) is 15.1 Å². The van der Waals surface area contributed by atoms with E-state index in [1.807, 2.05) is 18.7 Å². The first kappa shape index (κ1) is 25.6. The molecule has 0 radical (unpaired) electrons. The molecule has 2 heterocycles. The number of rotatable bonds is 8. The minimum absolute atomic E-state index is 0.0671. The van der Waals surface area contributed by atoms with Crippen molar-refractivity contribution in [3.05, 3.63) is 53.1 Å². The minimum Gasteiger partial charge on any atom is -0.345 e. The minimum atomic E-state index is -3.55. The predicted molar refractivity (Wildman–Crippen MR) is 143 cm³/mol. The number of carbonyl (C=O) groups excluding carboxylic acids is 1. The van der Waals surface area contributed by atoms with Crippen molar-refractivity contribution in [3.8, 4) is 0 Å². The third kappa shape index (κ3) is 5.37. The molecular formula is C26H34N4O3S2. The SMILES string of the molecule is CCCCN(CC)S(=O)(=O)c1ccc(C(=O)N2CCN(c3nc4cc(C)c(C)cc4s3)CC2)cc1. The van der Waals surface area contributed by atoms with Crippen molar-refractivity contribution >= 4 is 42.6 Å².